The summed E-state index contributed by atoms with van der Waals surface area (Å²) in [4.78, 5) is 43.0. The summed E-state index contributed by atoms with van der Waals surface area (Å²) in [5.74, 6) is -0.769. The van der Waals surface area contributed by atoms with Crippen LogP contribution in [0.25, 0.3) is 0 Å². The largest absolute Gasteiger partial charge is 0.465 e. The summed E-state index contributed by atoms with van der Waals surface area (Å²) in [6.07, 6.45) is 3.45. The Morgan fingerprint density at radius 1 is 1.10 bits per heavy atom. The Hall–Kier alpha value is -3.49. The molecule has 0 spiro atoms. The Balaban J connectivity index is 1.56. The number of benzene rings is 1. The number of amides is 1. The van der Waals surface area contributed by atoms with Crippen molar-refractivity contribution in [1.29, 1.82) is 0 Å². The van der Waals surface area contributed by atoms with E-state index in [1.807, 2.05) is 36.1 Å². The van der Waals surface area contributed by atoms with Crippen LogP contribution in [0.4, 0.5) is 5.95 Å². The molecule has 1 aromatic heterocycles. The van der Waals surface area contributed by atoms with Crippen LogP contribution >= 0.6 is 0 Å². The van der Waals surface area contributed by atoms with Gasteiger partial charge in [-0.25, -0.2) is 15.0 Å². The van der Waals surface area contributed by atoms with Crippen LogP contribution in [0.5, 0.6) is 0 Å². The first-order valence-electron chi connectivity index (χ1n) is 10.5. The fourth-order valence-corrected chi connectivity index (χ4v) is 3.80. The quantitative estimate of drug-likeness (QED) is 0.586. The van der Waals surface area contributed by atoms with Gasteiger partial charge < -0.3 is 14.5 Å². The smallest absolute Gasteiger partial charge is 0.321 e. The Kier molecular flexibility index (Phi) is 6.11. The number of ether oxygens (including phenoxy) is 1. The number of piperazine rings is 1. The molecule has 9 heteroatoms. The molecule has 1 fully saturated rings. The van der Waals surface area contributed by atoms with Crippen LogP contribution in [0.3, 0.4) is 0 Å². The van der Waals surface area contributed by atoms with Gasteiger partial charge in [-0.3, -0.25) is 14.9 Å². The van der Waals surface area contributed by atoms with E-state index in [4.69, 9.17) is 9.73 Å². The number of nitrogens with zero attached hydrogens (tertiary/aromatic N) is 5. The molecule has 0 bridgehead atoms. The van der Waals surface area contributed by atoms with Crippen molar-refractivity contribution in [1.82, 2.24) is 20.2 Å². The van der Waals surface area contributed by atoms with Gasteiger partial charge in [0.15, 0.2) is 5.92 Å². The number of aryl methyl sites for hydroxylation is 1. The van der Waals surface area contributed by atoms with E-state index in [9.17, 15) is 9.59 Å². The molecule has 0 unspecified atom stereocenters. The summed E-state index contributed by atoms with van der Waals surface area (Å²) < 4.78 is 5.17. The monoisotopic (exact) mass is 422 g/mol. The summed E-state index contributed by atoms with van der Waals surface area (Å²) in [5, 5.41) is 2.83. The second kappa shape index (κ2) is 9.11. The molecular weight excluding hydrogens is 396 g/mol. The molecule has 3 heterocycles. The Labute approximate surface area is 181 Å². The fraction of sp³-hybridized carbons (Fsp3) is 0.409. The van der Waals surface area contributed by atoms with Gasteiger partial charge in [-0.1, -0.05) is 29.8 Å². The van der Waals surface area contributed by atoms with Gasteiger partial charge >= 0.3 is 5.97 Å². The number of carbonyl (C=O) groups is 2. The third kappa shape index (κ3) is 4.50. The van der Waals surface area contributed by atoms with Crippen molar-refractivity contribution in [3.8, 4) is 0 Å². The first-order chi connectivity index (χ1) is 15.1. The normalized spacial score (nSPS) is 21.4. The maximum absolute atomic E-state index is 13.0. The zero-order chi connectivity index (χ0) is 21.8. The second-order valence-electron chi connectivity index (χ2n) is 7.55. The summed E-state index contributed by atoms with van der Waals surface area (Å²) in [6.45, 7) is 6.65. The highest BCUT2D eigenvalue weighted by molar-refractivity contribution is 6.08. The van der Waals surface area contributed by atoms with Crippen molar-refractivity contribution in [3.63, 3.8) is 0 Å². The average molecular weight is 422 g/mol. The molecule has 1 N–H and O–H groups in total. The second-order valence-corrected chi connectivity index (χ2v) is 7.55. The molecule has 0 radical (unpaired) electrons. The van der Waals surface area contributed by atoms with E-state index >= 15 is 0 Å². The van der Waals surface area contributed by atoms with Crippen LogP contribution in [-0.2, 0) is 14.3 Å². The zero-order valence-corrected chi connectivity index (χ0v) is 17.7. The van der Waals surface area contributed by atoms with Gasteiger partial charge in [-0.05, 0) is 25.5 Å². The number of anilines is 1. The molecule has 2 aliphatic heterocycles. The molecule has 9 nitrogen and oxygen atoms in total. The van der Waals surface area contributed by atoms with Gasteiger partial charge in [0.25, 0.3) is 0 Å². The van der Waals surface area contributed by atoms with Gasteiger partial charge in [0.05, 0.1) is 6.61 Å². The lowest BCUT2D eigenvalue weighted by Crippen LogP contribution is -2.57. The van der Waals surface area contributed by atoms with Crippen LogP contribution in [0.2, 0.25) is 0 Å². The summed E-state index contributed by atoms with van der Waals surface area (Å²) >= 11 is 0. The van der Waals surface area contributed by atoms with Crippen molar-refractivity contribution in [2.75, 3.05) is 37.7 Å². The van der Waals surface area contributed by atoms with Crippen molar-refractivity contribution in [2.45, 2.75) is 19.9 Å². The minimum Gasteiger partial charge on any atom is -0.465 e. The first kappa shape index (κ1) is 20.8. The van der Waals surface area contributed by atoms with Crippen LogP contribution in [0, 0.1) is 12.8 Å². The molecule has 1 amide bonds. The predicted molar refractivity (Wildman–Crippen MR) is 115 cm³/mol. The van der Waals surface area contributed by atoms with E-state index in [1.165, 1.54) is 0 Å². The van der Waals surface area contributed by atoms with Crippen LogP contribution in [0.1, 0.15) is 24.1 Å². The van der Waals surface area contributed by atoms with Crippen molar-refractivity contribution >= 4 is 23.8 Å². The number of aliphatic imine (C=N–C) groups is 1. The van der Waals surface area contributed by atoms with Crippen molar-refractivity contribution < 1.29 is 14.3 Å². The Bertz CT molecular complexity index is 955. The Morgan fingerprint density at radius 2 is 1.74 bits per heavy atom. The van der Waals surface area contributed by atoms with E-state index in [0.717, 1.165) is 11.1 Å². The van der Waals surface area contributed by atoms with Gasteiger partial charge in [0.2, 0.25) is 17.8 Å². The summed E-state index contributed by atoms with van der Waals surface area (Å²) in [7, 11) is 0. The lowest BCUT2D eigenvalue weighted by molar-refractivity contribution is -0.153. The first-order valence-corrected chi connectivity index (χ1v) is 10.5. The number of guanidine groups is 1. The third-order valence-electron chi connectivity index (χ3n) is 5.47. The number of esters is 1. The van der Waals surface area contributed by atoms with Crippen LogP contribution in [-0.4, -0.2) is 65.5 Å². The summed E-state index contributed by atoms with van der Waals surface area (Å²) in [5.41, 5.74) is 1.91. The molecule has 1 saturated heterocycles. The lowest BCUT2D eigenvalue weighted by Gasteiger charge is -2.38. The molecule has 1 aromatic carbocycles. The molecular formula is C22H26N6O3. The van der Waals surface area contributed by atoms with Crippen LogP contribution in [0.15, 0.2) is 47.7 Å². The van der Waals surface area contributed by atoms with Crippen molar-refractivity contribution in [3.05, 3.63) is 53.9 Å². The molecule has 31 heavy (non-hydrogen) atoms. The molecule has 4 rings (SSSR count). The highest BCUT2D eigenvalue weighted by atomic mass is 16.5. The van der Waals surface area contributed by atoms with Crippen LogP contribution < -0.4 is 10.2 Å². The number of carbonyl (C=O) groups excluding carboxylic acids is 2. The summed E-state index contributed by atoms with van der Waals surface area (Å²) in [6, 6.07) is 8.90. The topological polar surface area (TPSA) is 100 Å². The zero-order valence-electron chi connectivity index (χ0n) is 17.7. The van der Waals surface area contributed by atoms with Crippen molar-refractivity contribution in [2.24, 2.45) is 10.9 Å². The maximum Gasteiger partial charge on any atom is 0.321 e. The number of rotatable bonds is 4. The minimum atomic E-state index is -1.01. The van der Waals surface area contributed by atoms with E-state index in [-0.39, 0.29) is 12.5 Å². The van der Waals surface area contributed by atoms with E-state index in [0.29, 0.717) is 38.1 Å². The van der Waals surface area contributed by atoms with Gasteiger partial charge in [0.1, 0.15) is 6.04 Å². The average Bonchev–Trinajstić information content (AvgIpc) is 2.80. The highest BCUT2D eigenvalue weighted by Crippen LogP contribution is 2.31. The van der Waals surface area contributed by atoms with Gasteiger partial charge in [-0.15, -0.1) is 0 Å². The van der Waals surface area contributed by atoms with Gasteiger partial charge in [-0.2, -0.15) is 0 Å². The highest BCUT2D eigenvalue weighted by Gasteiger charge is 2.42. The Morgan fingerprint density at radius 3 is 2.39 bits per heavy atom. The molecule has 162 valence electrons. The van der Waals surface area contributed by atoms with E-state index < -0.39 is 17.9 Å². The minimum absolute atomic E-state index is 0.212. The molecule has 2 aliphatic rings. The van der Waals surface area contributed by atoms with E-state index in [1.54, 1.807) is 25.4 Å². The number of hydrogen-bond donors (Lipinski definition) is 1. The molecule has 2 atom stereocenters. The molecule has 0 aliphatic carbocycles. The fourth-order valence-electron chi connectivity index (χ4n) is 3.80. The van der Waals surface area contributed by atoms with Gasteiger partial charge in [0, 0.05) is 38.6 Å². The standard InChI is InChI=1S/C22H26N6O3/c1-3-31-20(30)17-18(16-7-5-15(2)6-8-16)25-22(26-19(17)29)28-13-11-27(12-14-28)21-23-9-4-10-24-21/h4-10,17-18H,3,11-14H2,1-2H3,(H,25,26,29)/t17-,18-/m1/s1. The predicted octanol–water partition coefficient (Wildman–Crippen LogP) is 1.31. The SMILES string of the molecule is CCOC(=O)[C@H]1C(=O)NC(N2CCN(c3ncccn3)CC2)=N[C@@H]1c1ccc(C)cc1. The molecule has 2 aromatic rings. The number of aromatic nitrogens is 2. The third-order valence-corrected chi connectivity index (χ3v) is 5.47. The number of nitrogens with one attached hydrogen (secondary N) is 1. The lowest BCUT2D eigenvalue weighted by atomic mass is 9.91. The maximum atomic E-state index is 13.0. The van der Waals surface area contributed by atoms with E-state index in [2.05, 4.69) is 20.2 Å². The number of hydrogen-bond acceptors (Lipinski definition) is 8. The molecule has 0 saturated carbocycles.